The predicted molar refractivity (Wildman–Crippen MR) is 70.1 cm³/mol. The van der Waals surface area contributed by atoms with Crippen molar-refractivity contribution in [2.45, 2.75) is 30.8 Å². The molecule has 0 aromatic heterocycles. The summed E-state index contributed by atoms with van der Waals surface area (Å²) in [6.07, 6.45) is -3.19. The monoisotopic (exact) mass is 323 g/mol. The van der Waals surface area contributed by atoms with Crippen LogP contribution < -0.4 is 4.72 Å². The summed E-state index contributed by atoms with van der Waals surface area (Å²) in [4.78, 5) is -0.383. The Morgan fingerprint density at radius 3 is 2.43 bits per heavy atom. The van der Waals surface area contributed by atoms with Gasteiger partial charge in [-0.1, -0.05) is 6.07 Å². The Kier molecular flexibility index (Phi) is 4.07. The van der Waals surface area contributed by atoms with Gasteiger partial charge in [0.25, 0.3) is 0 Å². The minimum atomic E-state index is -4.60. The van der Waals surface area contributed by atoms with E-state index in [2.05, 4.69) is 4.72 Å². The molecule has 2 N–H and O–H groups in total. The number of rotatable bonds is 5. The van der Waals surface area contributed by atoms with Crippen molar-refractivity contribution in [3.8, 4) is 0 Å². The molecule has 0 amide bonds. The summed E-state index contributed by atoms with van der Waals surface area (Å²) in [5, 5.41) is 9.15. The van der Waals surface area contributed by atoms with E-state index in [1.165, 1.54) is 6.92 Å². The lowest BCUT2D eigenvalue weighted by Gasteiger charge is -2.15. The Bertz CT molecular complexity index is 637. The number of aliphatic hydroxyl groups excluding tert-OH is 1. The van der Waals surface area contributed by atoms with Gasteiger partial charge in [0, 0.05) is 18.6 Å². The number of aliphatic hydroxyl groups is 1. The van der Waals surface area contributed by atoms with Gasteiger partial charge in [0.15, 0.2) is 0 Å². The van der Waals surface area contributed by atoms with Crippen LogP contribution in [0.25, 0.3) is 0 Å². The van der Waals surface area contributed by atoms with Gasteiger partial charge in [-0.3, -0.25) is 0 Å². The third-order valence-corrected chi connectivity index (χ3v) is 5.28. The Labute approximate surface area is 121 Å². The van der Waals surface area contributed by atoms with E-state index in [0.717, 1.165) is 12.1 Å². The normalized spacial score (nSPS) is 17.8. The van der Waals surface area contributed by atoms with E-state index in [9.17, 15) is 21.6 Å². The summed E-state index contributed by atoms with van der Waals surface area (Å²) in [7, 11) is -4.04. The average molecular weight is 323 g/mol. The fraction of sp³-hybridized carbons (Fsp3) is 0.538. The molecule has 1 aromatic carbocycles. The summed E-state index contributed by atoms with van der Waals surface area (Å²) in [5.74, 6) is 0. The van der Waals surface area contributed by atoms with Crippen molar-refractivity contribution in [3.05, 3.63) is 29.3 Å². The molecule has 1 aromatic rings. The van der Waals surface area contributed by atoms with E-state index < -0.39 is 27.2 Å². The van der Waals surface area contributed by atoms with E-state index >= 15 is 0 Å². The molecule has 0 unspecified atom stereocenters. The molecule has 0 saturated heterocycles. The van der Waals surface area contributed by atoms with Gasteiger partial charge in [-0.2, -0.15) is 13.2 Å². The molecular formula is C13H16F3NO3S. The molecule has 1 saturated carbocycles. The van der Waals surface area contributed by atoms with Crippen LogP contribution in [0, 0.1) is 12.3 Å². The van der Waals surface area contributed by atoms with Crippen molar-refractivity contribution in [1.82, 2.24) is 4.72 Å². The second-order valence-electron chi connectivity index (χ2n) is 5.46. The van der Waals surface area contributed by atoms with Crippen LogP contribution in [-0.4, -0.2) is 26.7 Å². The Hall–Kier alpha value is -1.12. The van der Waals surface area contributed by atoms with Gasteiger partial charge in [-0.15, -0.1) is 0 Å². The highest BCUT2D eigenvalue weighted by molar-refractivity contribution is 7.89. The van der Waals surface area contributed by atoms with Crippen LogP contribution in [0.15, 0.2) is 23.1 Å². The van der Waals surface area contributed by atoms with E-state index in [-0.39, 0.29) is 23.6 Å². The molecule has 0 atom stereocenters. The van der Waals surface area contributed by atoms with Gasteiger partial charge in [-0.05, 0) is 37.5 Å². The molecular weight excluding hydrogens is 307 g/mol. The fourth-order valence-corrected chi connectivity index (χ4v) is 3.39. The van der Waals surface area contributed by atoms with Crippen LogP contribution in [-0.2, 0) is 16.2 Å². The smallest absolute Gasteiger partial charge is 0.396 e. The molecule has 4 nitrogen and oxygen atoms in total. The molecule has 0 radical (unpaired) electrons. The third-order valence-electron chi connectivity index (χ3n) is 3.73. The van der Waals surface area contributed by atoms with Gasteiger partial charge < -0.3 is 5.11 Å². The van der Waals surface area contributed by atoms with Crippen LogP contribution in [0.5, 0.6) is 0 Å². The van der Waals surface area contributed by atoms with E-state index in [1.807, 2.05) is 0 Å². The maximum atomic E-state index is 12.7. The second-order valence-corrected chi connectivity index (χ2v) is 7.20. The number of halogens is 3. The summed E-state index contributed by atoms with van der Waals surface area (Å²) in [5.41, 5.74) is -1.22. The maximum absolute atomic E-state index is 12.7. The van der Waals surface area contributed by atoms with Crippen LogP contribution in [0.4, 0.5) is 13.2 Å². The van der Waals surface area contributed by atoms with Gasteiger partial charge in [-0.25, -0.2) is 13.1 Å². The van der Waals surface area contributed by atoms with Crippen LogP contribution >= 0.6 is 0 Å². The molecule has 1 aliphatic carbocycles. The fourth-order valence-electron chi connectivity index (χ4n) is 1.96. The third kappa shape index (κ3) is 3.56. The molecule has 21 heavy (non-hydrogen) atoms. The SMILES string of the molecule is Cc1ccc(C(F)(F)F)cc1S(=O)(=O)NCC1(CO)CC1. The number of benzene rings is 1. The molecule has 8 heteroatoms. The highest BCUT2D eigenvalue weighted by Gasteiger charge is 2.43. The lowest BCUT2D eigenvalue weighted by atomic mass is 10.1. The van der Waals surface area contributed by atoms with E-state index in [4.69, 9.17) is 5.11 Å². The quantitative estimate of drug-likeness (QED) is 0.872. The topological polar surface area (TPSA) is 66.4 Å². The van der Waals surface area contributed by atoms with Gasteiger partial charge in [0.1, 0.15) is 0 Å². The standard InChI is InChI=1S/C13H16F3NO3S/c1-9-2-3-10(13(14,15)16)6-11(9)21(19,20)17-7-12(8-18)4-5-12/h2-3,6,17-18H,4-5,7-8H2,1H3. The highest BCUT2D eigenvalue weighted by Crippen LogP contribution is 2.44. The van der Waals surface area contributed by atoms with Gasteiger partial charge in [0.05, 0.1) is 10.5 Å². The van der Waals surface area contributed by atoms with Gasteiger partial charge in [0.2, 0.25) is 10.0 Å². The molecule has 1 fully saturated rings. The number of alkyl halides is 3. The van der Waals surface area contributed by atoms with Crippen LogP contribution in [0.3, 0.4) is 0 Å². The zero-order valence-electron chi connectivity index (χ0n) is 11.4. The Balaban J connectivity index is 2.27. The molecule has 2 rings (SSSR count). The van der Waals surface area contributed by atoms with Crippen molar-refractivity contribution in [3.63, 3.8) is 0 Å². The lowest BCUT2D eigenvalue weighted by molar-refractivity contribution is -0.137. The number of aryl methyl sites for hydroxylation is 1. The zero-order valence-corrected chi connectivity index (χ0v) is 12.2. The number of sulfonamides is 1. The first kappa shape index (κ1) is 16.3. The van der Waals surface area contributed by atoms with Crippen molar-refractivity contribution >= 4 is 10.0 Å². The average Bonchev–Trinajstić information content (AvgIpc) is 3.16. The van der Waals surface area contributed by atoms with Crippen LogP contribution in [0.2, 0.25) is 0 Å². The summed E-state index contributed by atoms with van der Waals surface area (Å²) in [6.45, 7) is 1.33. The molecule has 0 spiro atoms. The number of hydrogen-bond acceptors (Lipinski definition) is 3. The van der Waals surface area contributed by atoms with E-state index in [0.29, 0.717) is 18.9 Å². The second kappa shape index (κ2) is 5.26. The maximum Gasteiger partial charge on any atom is 0.416 e. The number of nitrogens with one attached hydrogen (secondary N) is 1. The summed E-state index contributed by atoms with van der Waals surface area (Å²) >= 11 is 0. The first-order valence-electron chi connectivity index (χ1n) is 6.38. The largest absolute Gasteiger partial charge is 0.416 e. The van der Waals surface area contributed by atoms with Crippen molar-refractivity contribution in [2.24, 2.45) is 5.41 Å². The Morgan fingerprint density at radius 2 is 1.95 bits per heavy atom. The Morgan fingerprint density at radius 1 is 1.33 bits per heavy atom. The zero-order chi connectivity index (χ0) is 15.9. The summed E-state index contributed by atoms with van der Waals surface area (Å²) < 4.78 is 64.7. The first-order chi connectivity index (χ1) is 9.60. The van der Waals surface area contributed by atoms with Crippen molar-refractivity contribution < 1.29 is 26.7 Å². The van der Waals surface area contributed by atoms with Gasteiger partial charge >= 0.3 is 6.18 Å². The van der Waals surface area contributed by atoms with E-state index in [1.54, 1.807) is 0 Å². The minimum absolute atomic E-state index is 0.0293. The highest BCUT2D eigenvalue weighted by atomic mass is 32.2. The molecule has 0 bridgehead atoms. The molecule has 1 aliphatic rings. The molecule has 0 aliphatic heterocycles. The number of hydrogen-bond donors (Lipinski definition) is 2. The first-order valence-corrected chi connectivity index (χ1v) is 7.86. The van der Waals surface area contributed by atoms with Crippen molar-refractivity contribution in [1.29, 1.82) is 0 Å². The summed E-state index contributed by atoms with van der Waals surface area (Å²) in [6, 6.07) is 2.62. The lowest BCUT2D eigenvalue weighted by Crippen LogP contribution is -2.32. The van der Waals surface area contributed by atoms with Crippen LogP contribution in [0.1, 0.15) is 24.0 Å². The molecule has 0 heterocycles. The predicted octanol–water partition coefficient (Wildman–Crippen LogP) is 2.06. The minimum Gasteiger partial charge on any atom is -0.396 e. The van der Waals surface area contributed by atoms with Crippen molar-refractivity contribution in [2.75, 3.05) is 13.2 Å². The molecule has 118 valence electrons.